The smallest absolute Gasteiger partial charge is 0.335 e. The van der Waals surface area contributed by atoms with Crippen LogP contribution in [0.2, 0.25) is 0 Å². The lowest BCUT2D eigenvalue weighted by Crippen LogP contribution is -2.06. The van der Waals surface area contributed by atoms with Crippen molar-refractivity contribution in [2.24, 2.45) is 5.73 Å². The predicted molar refractivity (Wildman–Crippen MR) is 54.2 cm³/mol. The van der Waals surface area contributed by atoms with Crippen LogP contribution in [-0.2, 0) is 9.53 Å². The number of esters is 1. The van der Waals surface area contributed by atoms with E-state index in [2.05, 4.69) is 4.74 Å². The third-order valence-electron chi connectivity index (χ3n) is 0.847. The summed E-state index contributed by atoms with van der Waals surface area (Å²) in [6.45, 7) is 3.75. The van der Waals surface area contributed by atoms with Gasteiger partial charge < -0.3 is 15.4 Å². The first kappa shape index (κ1) is 14.5. The van der Waals surface area contributed by atoms with E-state index < -0.39 is 0 Å². The Balaban J connectivity index is 0. The monoisotopic (exact) mass is 188 g/mol. The molecule has 13 heavy (non-hydrogen) atoms. The number of carbonyl (C=O) groups is 1. The van der Waals surface area contributed by atoms with Crippen LogP contribution in [0.5, 0.6) is 0 Å². The van der Waals surface area contributed by atoms with E-state index in [0.717, 1.165) is 0 Å². The number of ether oxygens (including phenoxy) is 1. The summed E-state index contributed by atoms with van der Waals surface area (Å²) >= 11 is 0. The van der Waals surface area contributed by atoms with E-state index in [0.29, 0.717) is 12.2 Å². The lowest BCUT2D eigenvalue weighted by molar-refractivity contribution is -0.138. The molecule has 78 valence electrons. The van der Waals surface area contributed by atoms with Crippen molar-refractivity contribution in [1.29, 1.82) is 0 Å². The Bertz CT molecular complexity index is 162. The molecular formula is C9H20N2O2. The fraction of sp³-hybridized carbons (Fsp3) is 0.667. The van der Waals surface area contributed by atoms with E-state index in [1.165, 1.54) is 6.20 Å². The van der Waals surface area contributed by atoms with Crippen LogP contribution in [0.1, 0.15) is 13.8 Å². The van der Waals surface area contributed by atoms with Gasteiger partial charge in [-0.1, -0.05) is 0 Å². The maximum absolute atomic E-state index is 10.6. The minimum atomic E-state index is -0.347. The molecule has 0 aliphatic carbocycles. The minimum Gasteiger partial charge on any atom is -0.463 e. The normalized spacial score (nSPS) is 10.5. The topological polar surface area (TPSA) is 55.6 Å². The molecule has 0 radical (unpaired) electrons. The van der Waals surface area contributed by atoms with Gasteiger partial charge in [0.1, 0.15) is 0 Å². The molecule has 0 aromatic heterocycles. The van der Waals surface area contributed by atoms with Crippen LogP contribution in [0.3, 0.4) is 0 Å². The van der Waals surface area contributed by atoms with Crippen LogP contribution >= 0.6 is 0 Å². The Morgan fingerprint density at radius 3 is 2.08 bits per heavy atom. The average molecular weight is 188 g/mol. The highest BCUT2D eigenvalue weighted by molar-refractivity contribution is 5.87. The molecule has 2 N–H and O–H groups in total. The molecule has 0 aliphatic rings. The maximum atomic E-state index is 10.6. The van der Waals surface area contributed by atoms with Crippen LogP contribution in [0.25, 0.3) is 0 Å². The van der Waals surface area contributed by atoms with Gasteiger partial charge in [-0.15, -0.1) is 0 Å². The summed E-state index contributed by atoms with van der Waals surface area (Å²) in [6, 6.07) is 0. The van der Waals surface area contributed by atoms with Gasteiger partial charge in [-0.05, 0) is 35.0 Å². The molecule has 0 unspecified atom stereocenters. The van der Waals surface area contributed by atoms with Crippen molar-refractivity contribution < 1.29 is 9.53 Å². The molecule has 0 aromatic rings. The number of hydrogen-bond donors (Lipinski definition) is 1. The molecule has 0 aliphatic heterocycles. The molecule has 0 saturated heterocycles. The third-order valence-corrected chi connectivity index (χ3v) is 0.847. The first-order chi connectivity index (χ1) is 5.95. The number of hydrogen-bond acceptors (Lipinski definition) is 4. The second-order valence-corrected chi connectivity index (χ2v) is 2.91. The lowest BCUT2D eigenvalue weighted by atomic mass is 10.3. The van der Waals surface area contributed by atoms with Crippen LogP contribution in [0.4, 0.5) is 0 Å². The van der Waals surface area contributed by atoms with Crippen molar-refractivity contribution in [2.75, 3.05) is 27.7 Å². The second kappa shape index (κ2) is 9.06. The van der Waals surface area contributed by atoms with E-state index in [9.17, 15) is 4.79 Å². The maximum Gasteiger partial charge on any atom is 0.335 e. The van der Waals surface area contributed by atoms with E-state index in [-0.39, 0.29) is 5.97 Å². The van der Waals surface area contributed by atoms with E-state index >= 15 is 0 Å². The molecule has 4 nitrogen and oxygen atoms in total. The summed E-state index contributed by atoms with van der Waals surface area (Å²) in [5.74, 6) is -0.347. The second-order valence-electron chi connectivity index (χ2n) is 2.91. The molecule has 0 heterocycles. The summed E-state index contributed by atoms with van der Waals surface area (Å²) in [4.78, 5) is 12.6. The molecule has 0 saturated carbocycles. The van der Waals surface area contributed by atoms with E-state index in [1.54, 1.807) is 13.8 Å². The first-order valence-corrected chi connectivity index (χ1v) is 4.12. The summed E-state index contributed by atoms with van der Waals surface area (Å²) < 4.78 is 4.61. The Morgan fingerprint density at radius 2 is 1.85 bits per heavy atom. The zero-order valence-electron chi connectivity index (χ0n) is 9.13. The van der Waals surface area contributed by atoms with Gasteiger partial charge in [-0.2, -0.15) is 0 Å². The van der Waals surface area contributed by atoms with Crippen molar-refractivity contribution >= 4 is 5.97 Å². The summed E-state index contributed by atoms with van der Waals surface area (Å²) in [5, 5.41) is 0. The number of rotatable bonds is 2. The molecule has 0 fully saturated rings. The highest BCUT2D eigenvalue weighted by Crippen LogP contribution is 1.91. The van der Waals surface area contributed by atoms with E-state index in [4.69, 9.17) is 5.73 Å². The van der Waals surface area contributed by atoms with Crippen molar-refractivity contribution in [3.05, 3.63) is 11.8 Å². The van der Waals surface area contributed by atoms with Gasteiger partial charge >= 0.3 is 5.97 Å². The van der Waals surface area contributed by atoms with Crippen LogP contribution < -0.4 is 5.73 Å². The standard InChI is InChI=1S/C6H11NO2.C3H9N/c1-3-9-6(8)5(2)4-7;1-4(2)3/h4H,3,7H2,1-2H3;1-3H3. The summed E-state index contributed by atoms with van der Waals surface area (Å²) in [6.07, 6.45) is 1.23. The van der Waals surface area contributed by atoms with E-state index in [1.807, 2.05) is 26.0 Å². The predicted octanol–water partition coefficient (Wildman–Crippen LogP) is 0.590. The zero-order chi connectivity index (χ0) is 10.9. The SMILES string of the molecule is CCOC(=O)C(C)=CN.CN(C)C. The van der Waals surface area contributed by atoms with Gasteiger partial charge in [0.25, 0.3) is 0 Å². The van der Waals surface area contributed by atoms with Gasteiger partial charge in [0.15, 0.2) is 0 Å². The lowest BCUT2D eigenvalue weighted by Gasteiger charge is -1.98. The fourth-order valence-electron chi connectivity index (χ4n) is 0.313. The van der Waals surface area contributed by atoms with Crippen LogP contribution in [0.15, 0.2) is 11.8 Å². The molecular weight excluding hydrogens is 168 g/mol. The Morgan fingerprint density at radius 1 is 1.46 bits per heavy atom. The third kappa shape index (κ3) is 13.9. The van der Waals surface area contributed by atoms with Gasteiger partial charge in [-0.25, -0.2) is 4.79 Å². The Hall–Kier alpha value is -1.03. The molecule has 0 aromatic carbocycles. The van der Waals surface area contributed by atoms with Crippen molar-refractivity contribution in [3.8, 4) is 0 Å². The number of nitrogens with two attached hydrogens (primary N) is 1. The van der Waals surface area contributed by atoms with Gasteiger partial charge in [0.2, 0.25) is 0 Å². The highest BCUT2D eigenvalue weighted by Gasteiger charge is 2.00. The largest absolute Gasteiger partial charge is 0.463 e. The molecule has 0 spiro atoms. The van der Waals surface area contributed by atoms with Crippen LogP contribution in [-0.4, -0.2) is 38.6 Å². The van der Waals surface area contributed by atoms with Crippen LogP contribution in [0, 0.1) is 0 Å². The highest BCUT2D eigenvalue weighted by atomic mass is 16.5. The van der Waals surface area contributed by atoms with Gasteiger partial charge in [0.05, 0.1) is 6.61 Å². The Kier molecular flexibility index (Phi) is 10.1. The molecule has 0 rings (SSSR count). The number of carbonyl (C=O) groups excluding carboxylic acids is 1. The fourth-order valence-corrected chi connectivity index (χ4v) is 0.313. The molecule has 0 atom stereocenters. The summed E-state index contributed by atoms with van der Waals surface area (Å²) in [5.41, 5.74) is 5.48. The van der Waals surface area contributed by atoms with Crippen molar-refractivity contribution in [3.63, 3.8) is 0 Å². The number of nitrogens with zero attached hydrogens (tertiary/aromatic N) is 1. The minimum absolute atomic E-state index is 0.347. The quantitative estimate of drug-likeness (QED) is 0.509. The molecule has 0 bridgehead atoms. The molecule has 4 heteroatoms. The van der Waals surface area contributed by atoms with Crippen molar-refractivity contribution in [2.45, 2.75) is 13.8 Å². The Labute approximate surface area is 80.3 Å². The summed E-state index contributed by atoms with van der Waals surface area (Å²) in [7, 11) is 6.00. The first-order valence-electron chi connectivity index (χ1n) is 4.12. The van der Waals surface area contributed by atoms with Gasteiger partial charge in [-0.3, -0.25) is 0 Å². The average Bonchev–Trinajstić information content (AvgIpc) is 2.02. The molecule has 0 amide bonds. The zero-order valence-corrected chi connectivity index (χ0v) is 9.13. The van der Waals surface area contributed by atoms with Gasteiger partial charge in [0, 0.05) is 11.8 Å². The van der Waals surface area contributed by atoms with Crippen molar-refractivity contribution in [1.82, 2.24) is 4.90 Å².